The number of rotatable bonds is 4. The highest BCUT2D eigenvalue weighted by molar-refractivity contribution is 6.32. The van der Waals surface area contributed by atoms with Gasteiger partial charge in [0, 0.05) is 5.56 Å². The number of carbonyl (C=O) groups is 1. The molecule has 0 atom stereocenters. The van der Waals surface area contributed by atoms with Crippen LogP contribution in [0.3, 0.4) is 0 Å². The molecule has 0 fully saturated rings. The van der Waals surface area contributed by atoms with E-state index in [9.17, 15) is 4.79 Å². The maximum Gasteiger partial charge on any atom is 0.232 e. The van der Waals surface area contributed by atoms with Crippen molar-refractivity contribution in [2.24, 2.45) is 0 Å². The Morgan fingerprint density at radius 2 is 2.22 bits per heavy atom. The quantitative estimate of drug-likeness (QED) is 0.796. The molecular formula is C13H12ClNO3. The van der Waals surface area contributed by atoms with E-state index in [4.69, 9.17) is 20.8 Å². The summed E-state index contributed by atoms with van der Waals surface area (Å²) in [7, 11) is 0. The monoisotopic (exact) mass is 265 g/mol. The minimum Gasteiger partial charge on any atom is -0.482 e. The Hall–Kier alpha value is -1.81. The molecule has 0 spiro atoms. The number of hydrogen-bond acceptors (Lipinski definition) is 4. The molecule has 1 aromatic carbocycles. The van der Waals surface area contributed by atoms with Crippen LogP contribution in [-0.2, 0) is 6.61 Å². The Kier molecular flexibility index (Phi) is 3.67. The largest absolute Gasteiger partial charge is 0.482 e. The summed E-state index contributed by atoms with van der Waals surface area (Å²) in [6.45, 7) is 3.92. The van der Waals surface area contributed by atoms with E-state index < -0.39 is 0 Å². The zero-order valence-electron chi connectivity index (χ0n) is 10.1. The zero-order valence-corrected chi connectivity index (χ0v) is 10.8. The first-order chi connectivity index (χ1) is 8.60. The van der Waals surface area contributed by atoms with Gasteiger partial charge in [0.25, 0.3) is 0 Å². The van der Waals surface area contributed by atoms with Gasteiger partial charge in [-0.05, 0) is 32.0 Å². The van der Waals surface area contributed by atoms with Crippen LogP contribution in [0.15, 0.2) is 22.6 Å². The van der Waals surface area contributed by atoms with Crippen molar-refractivity contribution in [3.8, 4) is 5.75 Å². The van der Waals surface area contributed by atoms with Crippen LogP contribution in [0.5, 0.6) is 5.75 Å². The van der Waals surface area contributed by atoms with Crippen LogP contribution in [0.4, 0.5) is 0 Å². The molecule has 0 bridgehead atoms. The van der Waals surface area contributed by atoms with Gasteiger partial charge in [-0.1, -0.05) is 11.6 Å². The predicted octanol–water partition coefficient (Wildman–Crippen LogP) is 3.34. The lowest BCUT2D eigenvalue weighted by molar-refractivity contribution is 0.112. The standard InChI is InChI=1S/C13H12ClNO3/c1-8-9(2)18-13(15-8)7-17-12-4-3-10(6-16)5-11(12)14/h3-6H,7H2,1-2H3. The van der Waals surface area contributed by atoms with E-state index in [-0.39, 0.29) is 6.61 Å². The average molecular weight is 266 g/mol. The molecule has 2 aromatic rings. The SMILES string of the molecule is Cc1nc(COc2ccc(C=O)cc2Cl)oc1C. The molecule has 0 saturated heterocycles. The summed E-state index contributed by atoms with van der Waals surface area (Å²) in [6, 6.07) is 4.84. The molecule has 0 unspecified atom stereocenters. The van der Waals surface area contributed by atoms with Crippen LogP contribution >= 0.6 is 11.6 Å². The second-order valence-corrected chi connectivity index (χ2v) is 4.25. The molecule has 0 saturated carbocycles. The van der Waals surface area contributed by atoms with Crippen LogP contribution in [0.1, 0.15) is 27.7 Å². The lowest BCUT2D eigenvalue weighted by Gasteiger charge is -2.05. The maximum atomic E-state index is 10.6. The number of aromatic nitrogens is 1. The van der Waals surface area contributed by atoms with Crippen LogP contribution in [0.2, 0.25) is 5.02 Å². The molecular weight excluding hydrogens is 254 g/mol. The fraction of sp³-hybridized carbons (Fsp3) is 0.231. The molecule has 94 valence electrons. The van der Waals surface area contributed by atoms with Crippen molar-refractivity contribution in [3.63, 3.8) is 0 Å². The number of ether oxygens (including phenoxy) is 1. The topological polar surface area (TPSA) is 52.3 Å². The van der Waals surface area contributed by atoms with E-state index in [1.54, 1.807) is 18.2 Å². The number of aldehydes is 1. The summed E-state index contributed by atoms with van der Waals surface area (Å²) >= 11 is 5.98. The first-order valence-corrected chi connectivity index (χ1v) is 5.78. The molecule has 0 radical (unpaired) electrons. The third-order valence-electron chi connectivity index (χ3n) is 2.52. The van der Waals surface area contributed by atoms with E-state index in [2.05, 4.69) is 4.98 Å². The van der Waals surface area contributed by atoms with Gasteiger partial charge in [0.15, 0.2) is 6.61 Å². The van der Waals surface area contributed by atoms with E-state index >= 15 is 0 Å². The van der Waals surface area contributed by atoms with Gasteiger partial charge in [-0.25, -0.2) is 4.98 Å². The third kappa shape index (κ3) is 2.71. The summed E-state index contributed by atoms with van der Waals surface area (Å²) in [5.74, 6) is 1.77. The average Bonchev–Trinajstić information content (AvgIpc) is 2.67. The Labute approximate surface area is 110 Å². The Balaban J connectivity index is 2.08. The van der Waals surface area contributed by atoms with Gasteiger partial charge < -0.3 is 9.15 Å². The number of halogens is 1. The van der Waals surface area contributed by atoms with E-state index in [0.29, 0.717) is 22.2 Å². The Morgan fingerprint density at radius 1 is 1.44 bits per heavy atom. The summed E-state index contributed by atoms with van der Waals surface area (Å²) in [6.07, 6.45) is 0.733. The van der Waals surface area contributed by atoms with Gasteiger partial charge in [-0.2, -0.15) is 0 Å². The molecule has 0 N–H and O–H groups in total. The zero-order chi connectivity index (χ0) is 13.1. The second kappa shape index (κ2) is 5.23. The fourth-order valence-electron chi connectivity index (χ4n) is 1.45. The summed E-state index contributed by atoms with van der Waals surface area (Å²) in [5, 5.41) is 0.389. The third-order valence-corrected chi connectivity index (χ3v) is 2.81. The number of hydrogen-bond donors (Lipinski definition) is 0. The van der Waals surface area contributed by atoms with Crippen LogP contribution in [0.25, 0.3) is 0 Å². The minimum atomic E-state index is 0.203. The normalized spacial score (nSPS) is 10.4. The molecule has 0 aliphatic heterocycles. The fourth-order valence-corrected chi connectivity index (χ4v) is 1.69. The second-order valence-electron chi connectivity index (χ2n) is 3.85. The number of benzene rings is 1. The highest BCUT2D eigenvalue weighted by atomic mass is 35.5. The molecule has 2 rings (SSSR count). The van der Waals surface area contributed by atoms with Gasteiger partial charge in [-0.15, -0.1) is 0 Å². The van der Waals surface area contributed by atoms with Crippen molar-refractivity contribution in [2.45, 2.75) is 20.5 Å². The highest BCUT2D eigenvalue weighted by Gasteiger charge is 2.08. The van der Waals surface area contributed by atoms with Gasteiger partial charge in [0.2, 0.25) is 5.89 Å². The van der Waals surface area contributed by atoms with Crippen molar-refractivity contribution in [2.75, 3.05) is 0 Å². The van der Waals surface area contributed by atoms with Gasteiger partial charge >= 0.3 is 0 Å². The van der Waals surface area contributed by atoms with E-state index in [1.807, 2.05) is 13.8 Å². The first-order valence-electron chi connectivity index (χ1n) is 5.40. The summed E-state index contributed by atoms with van der Waals surface area (Å²) in [4.78, 5) is 14.8. The number of carbonyl (C=O) groups excluding carboxylic acids is 1. The van der Waals surface area contributed by atoms with Gasteiger partial charge in [-0.3, -0.25) is 4.79 Å². The molecule has 0 amide bonds. The number of aryl methyl sites for hydroxylation is 2. The molecule has 0 aliphatic rings. The van der Waals surface area contributed by atoms with Crippen molar-refractivity contribution < 1.29 is 13.9 Å². The molecule has 5 heteroatoms. The van der Waals surface area contributed by atoms with E-state index in [1.165, 1.54) is 0 Å². The molecule has 18 heavy (non-hydrogen) atoms. The predicted molar refractivity (Wildman–Crippen MR) is 67.1 cm³/mol. The number of nitrogens with zero attached hydrogens (tertiary/aromatic N) is 1. The molecule has 0 aliphatic carbocycles. The lowest BCUT2D eigenvalue weighted by atomic mass is 10.2. The van der Waals surface area contributed by atoms with Gasteiger partial charge in [0.1, 0.15) is 17.8 Å². The lowest BCUT2D eigenvalue weighted by Crippen LogP contribution is -1.96. The summed E-state index contributed by atoms with van der Waals surface area (Å²) < 4.78 is 10.9. The molecule has 1 aromatic heterocycles. The smallest absolute Gasteiger partial charge is 0.232 e. The van der Waals surface area contributed by atoms with Crippen LogP contribution in [-0.4, -0.2) is 11.3 Å². The maximum absolute atomic E-state index is 10.6. The summed E-state index contributed by atoms with van der Waals surface area (Å²) in [5.41, 5.74) is 1.35. The van der Waals surface area contributed by atoms with E-state index in [0.717, 1.165) is 17.7 Å². The Bertz CT molecular complexity index is 558. The highest BCUT2D eigenvalue weighted by Crippen LogP contribution is 2.25. The van der Waals surface area contributed by atoms with Crippen molar-refractivity contribution in [1.82, 2.24) is 4.98 Å². The van der Waals surface area contributed by atoms with Gasteiger partial charge in [0.05, 0.1) is 10.7 Å². The van der Waals surface area contributed by atoms with Crippen LogP contribution in [0, 0.1) is 13.8 Å². The Morgan fingerprint density at radius 3 is 2.78 bits per heavy atom. The molecule has 4 nitrogen and oxygen atoms in total. The first kappa shape index (κ1) is 12.6. The van der Waals surface area contributed by atoms with Crippen molar-refractivity contribution in [1.29, 1.82) is 0 Å². The molecule has 1 heterocycles. The minimum absolute atomic E-state index is 0.203. The van der Waals surface area contributed by atoms with Crippen molar-refractivity contribution >= 4 is 17.9 Å². The number of oxazole rings is 1. The van der Waals surface area contributed by atoms with Crippen LogP contribution < -0.4 is 4.74 Å². The van der Waals surface area contributed by atoms with Crippen molar-refractivity contribution in [3.05, 3.63) is 46.1 Å².